The van der Waals surface area contributed by atoms with Gasteiger partial charge in [-0.1, -0.05) is 29.3 Å². The summed E-state index contributed by atoms with van der Waals surface area (Å²) in [4.78, 5) is 23.6. The normalized spacial score (nSPS) is 15.0. The minimum absolute atomic E-state index is 0.184. The van der Waals surface area contributed by atoms with Crippen LogP contribution < -0.4 is 17.2 Å². The Balaban J connectivity index is 0.000000302. The highest BCUT2D eigenvalue weighted by Crippen LogP contribution is 2.31. The Kier molecular flexibility index (Phi) is 7.59. The number of aliphatic imine (C=N–C) groups is 2. The highest BCUT2D eigenvalue weighted by atomic mass is 35.5. The van der Waals surface area contributed by atoms with Crippen molar-refractivity contribution < 1.29 is 4.79 Å². The number of nitrogen functional groups attached to an aromatic ring is 1. The van der Waals surface area contributed by atoms with E-state index in [-0.39, 0.29) is 11.9 Å². The Bertz CT molecular complexity index is 1280. The summed E-state index contributed by atoms with van der Waals surface area (Å²) in [5.41, 5.74) is 17.9. The predicted octanol–water partition coefficient (Wildman–Crippen LogP) is 3.47. The Labute approximate surface area is 205 Å². The van der Waals surface area contributed by atoms with Gasteiger partial charge in [0, 0.05) is 18.2 Å². The predicted molar refractivity (Wildman–Crippen MR) is 134 cm³/mol. The average molecular weight is 501 g/mol. The molecule has 4 rings (SSSR count). The molecule has 1 unspecified atom stereocenters. The first-order valence-corrected chi connectivity index (χ1v) is 10.7. The van der Waals surface area contributed by atoms with Gasteiger partial charge in [0.2, 0.25) is 0 Å². The van der Waals surface area contributed by atoms with Crippen molar-refractivity contribution in [3.8, 4) is 11.5 Å². The van der Waals surface area contributed by atoms with Crippen molar-refractivity contribution in [2.24, 2.45) is 21.5 Å². The molecule has 13 heteroatoms. The molecule has 1 aromatic carbocycles. The lowest BCUT2D eigenvalue weighted by Crippen LogP contribution is -2.34. The fourth-order valence-corrected chi connectivity index (χ4v) is 3.49. The number of primary amides is 1. The summed E-state index contributed by atoms with van der Waals surface area (Å²) in [7, 11) is 0. The van der Waals surface area contributed by atoms with Gasteiger partial charge < -0.3 is 17.2 Å². The van der Waals surface area contributed by atoms with Crippen LogP contribution in [0, 0.1) is 5.41 Å². The summed E-state index contributed by atoms with van der Waals surface area (Å²) >= 11 is 11.2. The van der Waals surface area contributed by atoms with Gasteiger partial charge in [-0.15, -0.1) is 10.2 Å². The first-order valence-electron chi connectivity index (χ1n) is 9.96. The molecule has 0 fully saturated rings. The van der Waals surface area contributed by atoms with Gasteiger partial charge in [0.15, 0.2) is 17.4 Å². The number of benzene rings is 1. The van der Waals surface area contributed by atoms with Gasteiger partial charge in [-0.3, -0.25) is 19.8 Å². The van der Waals surface area contributed by atoms with Crippen molar-refractivity contribution in [2.45, 2.75) is 26.3 Å². The molecule has 0 spiro atoms. The lowest BCUT2D eigenvalue weighted by atomic mass is 10.1. The molecule has 34 heavy (non-hydrogen) atoms. The van der Waals surface area contributed by atoms with Crippen molar-refractivity contribution >= 4 is 63.7 Å². The summed E-state index contributed by atoms with van der Waals surface area (Å²) in [6, 6.07) is 8.71. The van der Waals surface area contributed by atoms with Crippen LogP contribution in [-0.2, 0) is 4.79 Å². The Morgan fingerprint density at radius 2 is 1.85 bits per heavy atom. The number of halogens is 2. The Morgan fingerprint density at radius 1 is 1.18 bits per heavy atom. The lowest BCUT2D eigenvalue weighted by Gasteiger charge is -2.20. The van der Waals surface area contributed by atoms with Gasteiger partial charge in [0.05, 0.1) is 27.6 Å². The molecular formula is C21H22Cl2N10O. The highest BCUT2D eigenvalue weighted by Gasteiger charge is 2.23. The van der Waals surface area contributed by atoms with E-state index in [2.05, 4.69) is 32.1 Å². The van der Waals surface area contributed by atoms with Gasteiger partial charge >= 0.3 is 0 Å². The van der Waals surface area contributed by atoms with Crippen LogP contribution in [0.3, 0.4) is 0 Å². The van der Waals surface area contributed by atoms with Crippen LogP contribution in [0.15, 0.2) is 46.5 Å². The van der Waals surface area contributed by atoms with E-state index in [1.54, 1.807) is 30.3 Å². The monoisotopic (exact) mass is 500 g/mol. The molecule has 3 heterocycles. The fourth-order valence-electron chi connectivity index (χ4n) is 3.09. The maximum Gasteiger partial charge on any atom is 0.270 e. The third kappa shape index (κ3) is 5.56. The Hall–Kier alpha value is -3.83. The standard InChI is InChI=1S/C15H17N9O.C6H5Cl2N/c1-7-5-8(2)24-14(22-23-15(24)20-7)10-4-3-9(6-19-10)21-12(17)11(16)13(18)25;7-4-2-1-3-5(8)6(4)9/h3-4,6,8,16H,5H2,1-2H3,(H2,17,21)(H2,18,25);1-3H,9H2. The maximum atomic E-state index is 10.9. The molecule has 7 N–H and O–H groups in total. The van der Waals surface area contributed by atoms with E-state index in [1.165, 1.54) is 6.20 Å². The van der Waals surface area contributed by atoms with E-state index in [0.29, 0.717) is 38.9 Å². The third-order valence-electron chi connectivity index (χ3n) is 4.73. The number of anilines is 1. The maximum absolute atomic E-state index is 10.9. The number of nitrogens with two attached hydrogens (primary N) is 3. The van der Waals surface area contributed by atoms with Crippen LogP contribution in [0.5, 0.6) is 0 Å². The fraction of sp³-hybridized carbons (Fsp3) is 0.190. The number of aromatic nitrogens is 4. The highest BCUT2D eigenvalue weighted by molar-refractivity contribution is 6.65. The second-order valence-corrected chi connectivity index (χ2v) is 8.18. The molecule has 0 saturated carbocycles. The number of fused-ring (bicyclic) bond motifs is 1. The molecule has 0 saturated heterocycles. The number of para-hydroxylation sites is 1. The summed E-state index contributed by atoms with van der Waals surface area (Å²) in [5.74, 6) is -0.0208. The minimum atomic E-state index is -0.939. The summed E-state index contributed by atoms with van der Waals surface area (Å²) in [5, 5.41) is 16.7. The van der Waals surface area contributed by atoms with E-state index < -0.39 is 11.6 Å². The summed E-state index contributed by atoms with van der Waals surface area (Å²) in [6.07, 6.45) is 2.30. The number of hydrogen-bond donors (Lipinski definition) is 4. The number of nitrogens with zero attached hydrogens (tertiary/aromatic N) is 6. The number of carbonyl (C=O) groups is 1. The third-order valence-corrected chi connectivity index (χ3v) is 5.39. The zero-order chi connectivity index (χ0) is 25.0. The smallest absolute Gasteiger partial charge is 0.270 e. The zero-order valence-corrected chi connectivity index (χ0v) is 19.8. The van der Waals surface area contributed by atoms with Gasteiger partial charge in [-0.05, 0) is 38.1 Å². The number of nitrogens with one attached hydrogen (secondary N) is 1. The van der Waals surface area contributed by atoms with E-state index in [1.807, 2.05) is 11.5 Å². The number of rotatable bonds is 4. The number of amidine groups is 1. The van der Waals surface area contributed by atoms with Crippen molar-refractivity contribution in [1.82, 2.24) is 19.7 Å². The molecule has 176 valence electrons. The summed E-state index contributed by atoms with van der Waals surface area (Å²) < 4.78 is 1.94. The van der Waals surface area contributed by atoms with Gasteiger partial charge in [-0.25, -0.2) is 9.98 Å². The number of amides is 1. The molecule has 0 radical (unpaired) electrons. The van der Waals surface area contributed by atoms with Gasteiger partial charge in [-0.2, -0.15) is 0 Å². The molecule has 1 amide bonds. The van der Waals surface area contributed by atoms with Crippen LogP contribution in [-0.4, -0.2) is 42.9 Å². The number of carbonyl (C=O) groups excluding carboxylic acids is 1. The van der Waals surface area contributed by atoms with Crippen LogP contribution in [0.4, 0.5) is 17.3 Å². The topological polar surface area (TPSA) is 187 Å². The van der Waals surface area contributed by atoms with Crippen LogP contribution in [0.2, 0.25) is 10.0 Å². The van der Waals surface area contributed by atoms with Gasteiger partial charge in [0.25, 0.3) is 11.9 Å². The van der Waals surface area contributed by atoms with Crippen LogP contribution >= 0.6 is 23.2 Å². The first-order chi connectivity index (χ1) is 16.1. The second-order valence-electron chi connectivity index (χ2n) is 7.37. The van der Waals surface area contributed by atoms with E-state index in [4.69, 9.17) is 45.8 Å². The second kappa shape index (κ2) is 10.4. The number of pyridine rings is 1. The van der Waals surface area contributed by atoms with Crippen molar-refractivity contribution in [3.63, 3.8) is 0 Å². The molecular weight excluding hydrogens is 479 g/mol. The SMILES string of the molecule is CC1=Nc2nnc(-c3ccc(N=C(N)C(=N)C(N)=O)cn3)n2C(C)C1.Nc1c(Cl)cccc1Cl. The summed E-state index contributed by atoms with van der Waals surface area (Å²) in [6.45, 7) is 4.04. The molecule has 0 aliphatic carbocycles. The molecule has 1 aliphatic heterocycles. The minimum Gasteiger partial charge on any atom is -0.396 e. The molecule has 3 aromatic rings. The molecule has 1 aliphatic rings. The van der Waals surface area contributed by atoms with Crippen LogP contribution in [0.1, 0.15) is 26.3 Å². The number of hydrogen-bond acceptors (Lipinski definition) is 8. The quantitative estimate of drug-likeness (QED) is 0.241. The van der Waals surface area contributed by atoms with Gasteiger partial charge in [0.1, 0.15) is 5.69 Å². The zero-order valence-electron chi connectivity index (χ0n) is 18.3. The molecule has 11 nitrogen and oxygen atoms in total. The van der Waals surface area contributed by atoms with E-state index >= 15 is 0 Å². The van der Waals surface area contributed by atoms with Crippen LogP contribution in [0.25, 0.3) is 11.5 Å². The van der Waals surface area contributed by atoms with E-state index in [0.717, 1.165) is 12.1 Å². The average Bonchev–Trinajstić information content (AvgIpc) is 3.22. The molecule has 2 aromatic heterocycles. The lowest BCUT2D eigenvalue weighted by molar-refractivity contribution is -0.111. The largest absolute Gasteiger partial charge is 0.396 e. The van der Waals surface area contributed by atoms with Crippen molar-refractivity contribution in [1.29, 1.82) is 5.41 Å². The molecule has 0 bridgehead atoms. The molecule has 1 atom stereocenters. The first kappa shape index (κ1) is 24.8. The van der Waals surface area contributed by atoms with Crippen molar-refractivity contribution in [2.75, 3.05) is 5.73 Å². The van der Waals surface area contributed by atoms with Crippen molar-refractivity contribution in [3.05, 3.63) is 46.6 Å². The Morgan fingerprint density at radius 3 is 2.41 bits per heavy atom. The van der Waals surface area contributed by atoms with E-state index in [9.17, 15) is 4.79 Å².